The van der Waals surface area contributed by atoms with E-state index in [0.717, 1.165) is 11.3 Å². The van der Waals surface area contributed by atoms with Crippen molar-refractivity contribution in [2.24, 2.45) is 0 Å². The van der Waals surface area contributed by atoms with Crippen LogP contribution in [0.25, 0.3) is 6.08 Å². The average Bonchev–Trinajstić information content (AvgIpc) is 3.05. The number of esters is 1. The second-order valence-electron chi connectivity index (χ2n) is 4.54. The van der Waals surface area contributed by atoms with Crippen LogP contribution in [0.5, 0.6) is 5.75 Å². The lowest BCUT2D eigenvalue weighted by atomic mass is 10.2. The maximum atomic E-state index is 11.7. The van der Waals surface area contributed by atoms with Gasteiger partial charge in [0.1, 0.15) is 16.8 Å². The lowest BCUT2D eigenvalue weighted by Crippen LogP contribution is -2.19. The fourth-order valence-corrected chi connectivity index (χ4v) is 2.47. The zero-order chi connectivity index (χ0) is 17.4. The SMILES string of the molecule is COc1ccc(/C=C/C(=O)OCC(=O)Nc2sccc2C#N)cc1. The molecular formula is C17H14N2O4S. The lowest BCUT2D eigenvalue weighted by Gasteiger charge is -2.03. The molecule has 1 heterocycles. The van der Waals surface area contributed by atoms with Crippen LogP contribution < -0.4 is 10.1 Å². The molecule has 1 aromatic carbocycles. The number of nitrogens with one attached hydrogen (secondary N) is 1. The summed E-state index contributed by atoms with van der Waals surface area (Å²) in [4.78, 5) is 23.3. The van der Waals surface area contributed by atoms with Gasteiger partial charge in [-0.1, -0.05) is 12.1 Å². The topological polar surface area (TPSA) is 88.4 Å². The fraction of sp³-hybridized carbons (Fsp3) is 0.118. The van der Waals surface area contributed by atoms with Crippen molar-refractivity contribution in [2.45, 2.75) is 0 Å². The van der Waals surface area contributed by atoms with Crippen LogP contribution in [0.2, 0.25) is 0 Å². The molecular weight excluding hydrogens is 328 g/mol. The first-order chi connectivity index (χ1) is 11.6. The van der Waals surface area contributed by atoms with E-state index in [4.69, 9.17) is 14.7 Å². The highest BCUT2D eigenvalue weighted by atomic mass is 32.1. The number of methoxy groups -OCH3 is 1. The molecule has 2 rings (SSSR count). The summed E-state index contributed by atoms with van der Waals surface area (Å²) in [5, 5.41) is 13.5. The highest BCUT2D eigenvalue weighted by Crippen LogP contribution is 2.21. The van der Waals surface area contributed by atoms with Gasteiger partial charge in [-0.05, 0) is 35.2 Å². The smallest absolute Gasteiger partial charge is 0.331 e. The van der Waals surface area contributed by atoms with Gasteiger partial charge >= 0.3 is 5.97 Å². The normalized spacial score (nSPS) is 10.2. The molecule has 2 aromatic rings. The molecule has 24 heavy (non-hydrogen) atoms. The number of ether oxygens (including phenoxy) is 2. The van der Waals surface area contributed by atoms with Crippen LogP contribution in [-0.4, -0.2) is 25.6 Å². The molecule has 0 atom stereocenters. The Morgan fingerprint density at radius 1 is 1.29 bits per heavy atom. The number of amides is 1. The number of rotatable bonds is 6. The van der Waals surface area contributed by atoms with Crippen molar-refractivity contribution >= 4 is 34.3 Å². The van der Waals surface area contributed by atoms with E-state index < -0.39 is 18.5 Å². The Morgan fingerprint density at radius 3 is 2.71 bits per heavy atom. The molecule has 0 aliphatic carbocycles. The molecule has 0 aliphatic rings. The Morgan fingerprint density at radius 2 is 2.04 bits per heavy atom. The van der Waals surface area contributed by atoms with Gasteiger partial charge in [0, 0.05) is 6.08 Å². The number of carbonyl (C=O) groups is 2. The molecule has 0 unspecified atom stereocenters. The minimum atomic E-state index is -0.632. The van der Waals surface area contributed by atoms with E-state index in [1.165, 1.54) is 17.4 Å². The van der Waals surface area contributed by atoms with Crippen LogP contribution in [-0.2, 0) is 14.3 Å². The van der Waals surface area contributed by atoms with Crippen LogP contribution in [0.15, 0.2) is 41.8 Å². The Hall–Kier alpha value is -3.11. The summed E-state index contributed by atoms with van der Waals surface area (Å²) in [5.41, 5.74) is 1.17. The van der Waals surface area contributed by atoms with Gasteiger partial charge in [-0.3, -0.25) is 4.79 Å². The third-order valence-electron chi connectivity index (χ3n) is 2.91. The van der Waals surface area contributed by atoms with E-state index in [1.807, 2.05) is 6.07 Å². The molecule has 0 saturated carbocycles. The number of nitrogens with zero attached hydrogens (tertiary/aromatic N) is 1. The second-order valence-corrected chi connectivity index (χ2v) is 5.45. The molecule has 0 radical (unpaired) electrons. The Labute approximate surface area is 142 Å². The van der Waals surface area contributed by atoms with Crippen molar-refractivity contribution in [3.8, 4) is 11.8 Å². The summed E-state index contributed by atoms with van der Waals surface area (Å²) in [5.74, 6) is -0.412. The fourth-order valence-electron chi connectivity index (χ4n) is 1.72. The van der Waals surface area contributed by atoms with Crippen molar-refractivity contribution in [2.75, 3.05) is 19.0 Å². The third-order valence-corrected chi connectivity index (χ3v) is 3.74. The van der Waals surface area contributed by atoms with Crippen molar-refractivity contribution < 1.29 is 19.1 Å². The maximum absolute atomic E-state index is 11.7. The van der Waals surface area contributed by atoms with Crippen molar-refractivity contribution in [3.63, 3.8) is 0 Å². The monoisotopic (exact) mass is 342 g/mol. The molecule has 1 N–H and O–H groups in total. The first kappa shape index (κ1) is 17.2. The Bertz CT molecular complexity index is 788. The standard InChI is InChI=1S/C17H14N2O4S/c1-22-14-5-2-12(3-6-14)4-7-16(21)23-11-15(20)19-17-13(10-18)8-9-24-17/h2-9H,11H2,1H3,(H,19,20)/b7-4+. The van der Waals surface area contributed by atoms with E-state index in [1.54, 1.807) is 48.9 Å². The average molecular weight is 342 g/mol. The third kappa shape index (κ3) is 4.97. The Kier molecular flexibility index (Phi) is 6.11. The number of thiophene rings is 1. The van der Waals surface area contributed by atoms with Gasteiger partial charge in [-0.2, -0.15) is 5.26 Å². The largest absolute Gasteiger partial charge is 0.497 e. The number of carbonyl (C=O) groups excluding carboxylic acids is 2. The molecule has 0 fully saturated rings. The molecule has 0 saturated heterocycles. The van der Waals surface area contributed by atoms with E-state index >= 15 is 0 Å². The van der Waals surface area contributed by atoms with Gasteiger partial charge in [0.05, 0.1) is 12.7 Å². The zero-order valence-electron chi connectivity index (χ0n) is 12.8. The lowest BCUT2D eigenvalue weighted by molar-refractivity contribution is -0.142. The number of hydrogen-bond acceptors (Lipinski definition) is 6. The minimum Gasteiger partial charge on any atom is -0.497 e. The van der Waals surface area contributed by atoms with Crippen LogP contribution >= 0.6 is 11.3 Å². The molecule has 6 nitrogen and oxygen atoms in total. The first-order valence-electron chi connectivity index (χ1n) is 6.88. The van der Waals surface area contributed by atoms with E-state index in [-0.39, 0.29) is 0 Å². The van der Waals surface area contributed by atoms with Gasteiger partial charge in [-0.15, -0.1) is 11.3 Å². The van der Waals surface area contributed by atoms with Gasteiger partial charge in [-0.25, -0.2) is 4.79 Å². The van der Waals surface area contributed by atoms with Gasteiger partial charge in [0.25, 0.3) is 5.91 Å². The van der Waals surface area contributed by atoms with Crippen molar-refractivity contribution in [3.05, 3.63) is 52.9 Å². The van der Waals surface area contributed by atoms with Crippen molar-refractivity contribution in [1.82, 2.24) is 0 Å². The van der Waals surface area contributed by atoms with Gasteiger partial charge < -0.3 is 14.8 Å². The van der Waals surface area contributed by atoms with Crippen LogP contribution in [0, 0.1) is 11.3 Å². The predicted molar refractivity (Wildman–Crippen MR) is 90.7 cm³/mol. The predicted octanol–water partition coefficient (Wildman–Crippen LogP) is 2.82. The van der Waals surface area contributed by atoms with Crippen molar-refractivity contribution in [1.29, 1.82) is 5.26 Å². The molecule has 122 valence electrons. The maximum Gasteiger partial charge on any atom is 0.331 e. The number of nitriles is 1. The van der Waals surface area contributed by atoms with E-state index in [0.29, 0.717) is 10.6 Å². The van der Waals surface area contributed by atoms with Gasteiger partial charge in [0.2, 0.25) is 0 Å². The summed E-state index contributed by atoms with van der Waals surface area (Å²) >= 11 is 1.23. The zero-order valence-corrected chi connectivity index (χ0v) is 13.6. The minimum absolute atomic E-state index is 0.374. The molecule has 0 spiro atoms. The summed E-state index contributed by atoms with van der Waals surface area (Å²) in [6.07, 6.45) is 2.81. The van der Waals surface area contributed by atoms with Gasteiger partial charge in [0.15, 0.2) is 6.61 Å². The molecule has 7 heteroatoms. The summed E-state index contributed by atoms with van der Waals surface area (Å²) in [6, 6.07) is 10.7. The highest BCUT2D eigenvalue weighted by Gasteiger charge is 2.09. The Balaban J connectivity index is 1.80. The molecule has 1 amide bonds. The van der Waals surface area contributed by atoms with Crippen LogP contribution in [0.4, 0.5) is 5.00 Å². The van der Waals surface area contributed by atoms with E-state index in [9.17, 15) is 9.59 Å². The summed E-state index contributed by atoms with van der Waals surface area (Å²) in [6.45, 7) is -0.422. The number of anilines is 1. The first-order valence-corrected chi connectivity index (χ1v) is 7.76. The summed E-state index contributed by atoms with van der Waals surface area (Å²) < 4.78 is 9.89. The summed E-state index contributed by atoms with van der Waals surface area (Å²) in [7, 11) is 1.57. The van der Waals surface area contributed by atoms with E-state index in [2.05, 4.69) is 5.32 Å². The van der Waals surface area contributed by atoms with Crippen LogP contribution in [0.3, 0.4) is 0 Å². The number of hydrogen-bond donors (Lipinski definition) is 1. The molecule has 0 bridgehead atoms. The second kappa shape index (κ2) is 8.50. The number of benzene rings is 1. The van der Waals surface area contributed by atoms with Crippen LogP contribution in [0.1, 0.15) is 11.1 Å². The highest BCUT2D eigenvalue weighted by molar-refractivity contribution is 7.14. The molecule has 0 aliphatic heterocycles. The molecule has 1 aromatic heterocycles. The quantitative estimate of drug-likeness (QED) is 0.644.